The summed E-state index contributed by atoms with van der Waals surface area (Å²) >= 11 is 2.83. The van der Waals surface area contributed by atoms with E-state index in [-0.39, 0.29) is 10.4 Å². The average Bonchev–Trinajstić information content (AvgIpc) is 2.16. The van der Waals surface area contributed by atoms with Crippen LogP contribution in [0.5, 0.6) is 5.88 Å². The highest BCUT2D eigenvalue weighted by atomic mass is 79.9. The summed E-state index contributed by atoms with van der Waals surface area (Å²) in [5.74, 6) is -1.53. The summed E-state index contributed by atoms with van der Waals surface area (Å²) in [4.78, 5) is 14.2. The van der Waals surface area contributed by atoms with Gasteiger partial charge in [0.1, 0.15) is 0 Å². The Balaban J connectivity index is 3.44. The molecular weight excluding hydrogens is 276 g/mol. The number of ether oxygens (including phenoxy) is 1. The molecule has 0 saturated heterocycles. The van der Waals surface area contributed by atoms with Crippen LogP contribution >= 0.6 is 15.9 Å². The number of aromatic carboxylic acids is 1. The molecule has 1 aromatic heterocycles. The monoisotopic (exact) mass is 281 g/mol. The molecule has 0 aliphatic carbocycles. The summed E-state index contributed by atoms with van der Waals surface area (Å²) in [5, 5.41) is 8.67. The Hall–Kier alpha value is -1.24. The molecule has 4 nitrogen and oxygen atoms in total. The Bertz CT molecular complexity index is 398. The molecule has 82 valence electrons. The van der Waals surface area contributed by atoms with Crippen molar-refractivity contribution in [3.8, 4) is 5.88 Å². The smallest absolute Gasteiger partial charge is 0.337 e. The molecule has 0 aromatic carbocycles. The van der Waals surface area contributed by atoms with Gasteiger partial charge in [-0.05, 0) is 15.9 Å². The van der Waals surface area contributed by atoms with Crippen LogP contribution in [0.3, 0.4) is 0 Å². The lowest BCUT2D eigenvalue weighted by molar-refractivity contribution is 0.0683. The van der Waals surface area contributed by atoms with Crippen LogP contribution in [0.1, 0.15) is 22.3 Å². The third kappa shape index (κ3) is 2.23. The molecule has 0 spiro atoms. The van der Waals surface area contributed by atoms with Gasteiger partial charge < -0.3 is 9.84 Å². The number of hydrogen-bond donors (Lipinski definition) is 1. The van der Waals surface area contributed by atoms with Gasteiger partial charge in [0.05, 0.1) is 22.7 Å². The number of pyridine rings is 1. The summed E-state index contributed by atoms with van der Waals surface area (Å²) in [7, 11) is 1.25. The van der Waals surface area contributed by atoms with Crippen LogP contribution in [0.4, 0.5) is 8.78 Å². The fourth-order valence-electron chi connectivity index (χ4n) is 1.01. The van der Waals surface area contributed by atoms with Crippen molar-refractivity contribution < 1.29 is 23.4 Å². The minimum absolute atomic E-state index is 0.0738. The van der Waals surface area contributed by atoms with Gasteiger partial charge in [-0.15, -0.1) is 0 Å². The van der Waals surface area contributed by atoms with E-state index in [2.05, 4.69) is 25.7 Å². The molecule has 7 heteroatoms. The van der Waals surface area contributed by atoms with Crippen LogP contribution in [-0.2, 0) is 0 Å². The van der Waals surface area contributed by atoms with Gasteiger partial charge in [0.25, 0.3) is 6.43 Å². The number of hydrogen-bond acceptors (Lipinski definition) is 3. The van der Waals surface area contributed by atoms with Crippen LogP contribution < -0.4 is 4.74 Å². The highest BCUT2D eigenvalue weighted by Gasteiger charge is 2.24. The largest absolute Gasteiger partial charge is 0.480 e. The number of nitrogens with zero attached hydrogens (tertiary/aromatic N) is 1. The van der Waals surface area contributed by atoms with Crippen LogP contribution in [0.15, 0.2) is 10.7 Å². The van der Waals surface area contributed by atoms with Gasteiger partial charge in [-0.3, -0.25) is 0 Å². The van der Waals surface area contributed by atoms with Gasteiger partial charge in [-0.2, -0.15) is 0 Å². The molecule has 1 N–H and O–H groups in total. The van der Waals surface area contributed by atoms with E-state index in [0.717, 1.165) is 6.20 Å². The summed E-state index contributed by atoms with van der Waals surface area (Å²) in [5.41, 5.74) is -1.17. The molecule has 0 amide bonds. The quantitative estimate of drug-likeness (QED) is 0.925. The van der Waals surface area contributed by atoms with Gasteiger partial charge in [-0.25, -0.2) is 18.6 Å². The number of aromatic nitrogens is 1. The van der Waals surface area contributed by atoms with E-state index in [1.165, 1.54) is 7.11 Å². The van der Waals surface area contributed by atoms with Crippen LogP contribution in [-0.4, -0.2) is 23.2 Å². The number of carbonyl (C=O) groups is 1. The van der Waals surface area contributed by atoms with E-state index in [4.69, 9.17) is 5.11 Å². The maximum atomic E-state index is 12.6. The first-order valence-electron chi connectivity index (χ1n) is 3.72. The maximum absolute atomic E-state index is 12.6. The molecule has 15 heavy (non-hydrogen) atoms. The van der Waals surface area contributed by atoms with Crippen molar-refractivity contribution in [2.24, 2.45) is 0 Å². The minimum atomic E-state index is -2.91. The first-order valence-corrected chi connectivity index (χ1v) is 4.52. The topological polar surface area (TPSA) is 59.4 Å². The maximum Gasteiger partial charge on any atom is 0.337 e. The molecule has 0 fully saturated rings. The molecule has 1 aromatic rings. The van der Waals surface area contributed by atoms with Gasteiger partial charge in [-0.1, -0.05) is 0 Å². The molecule has 0 bridgehead atoms. The van der Waals surface area contributed by atoms with Crippen LogP contribution in [0, 0.1) is 0 Å². The minimum Gasteiger partial charge on any atom is -0.480 e. The number of alkyl halides is 2. The van der Waals surface area contributed by atoms with Gasteiger partial charge in [0.2, 0.25) is 5.88 Å². The third-order valence-corrected chi connectivity index (χ3v) is 2.43. The first-order chi connectivity index (χ1) is 6.99. The molecular formula is C8H6BrF2NO3. The predicted molar refractivity (Wildman–Crippen MR) is 50.4 cm³/mol. The number of carboxylic acid groups (broad SMARTS) is 1. The Morgan fingerprint density at radius 2 is 2.27 bits per heavy atom. The number of methoxy groups -OCH3 is 1. The van der Waals surface area contributed by atoms with Crippen LogP contribution in [0.2, 0.25) is 0 Å². The summed E-state index contributed by atoms with van der Waals surface area (Å²) in [6, 6.07) is 0. The van der Waals surface area contributed by atoms with E-state index in [1.54, 1.807) is 0 Å². The molecule has 0 saturated carbocycles. The van der Waals surface area contributed by atoms with Crippen molar-refractivity contribution in [1.29, 1.82) is 0 Å². The lowest BCUT2D eigenvalue weighted by Crippen LogP contribution is -2.06. The predicted octanol–water partition coefficient (Wildman–Crippen LogP) is 2.49. The normalized spacial score (nSPS) is 10.5. The number of halogens is 3. The second-order valence-electron chi connectivity index (χ2n) is 2.51. The van der Waals surface area contributed by atoms with Crippen LogP contribution in [0.25, 0.3) is 0 Å². The molecule has 1 heterocycles. The summed E-state index contributed by atoms with van der Waals surface area (Å²) < 4.78 is 29.7. The molecule has 0 aliphatic heterocycles. The number of carboxylic acids is 1. The molecule has 0 unspecified atom stereocenters. The van der Waals surface area contributed by atoms with E-state index in [0.29, 0.717) is 0 Å². The zero-order chi connectivity index (χ0) is 11.6. The lowest BCUT2D eigenvalue weighted by Gasteiger charge is -2.09. The Kier molecular flexibility index (Phi) is 3.57. The second kappa shape index (κ2) is 4.52. The van der Waals surface area contributed by atoms with E-state index in [1.807, 2.05) is 0 Å². The second-order valence-corrected chi connectivity index (χ2v) is 3.31. The highest BCUT2D eigenvalue weighted by molar-refractivity contribution is 9.10. The molecule has 0 atom stereocenters. The highest BCUT2D eigenvalue weighted by Crippen LogP contribution is 2.35. The van der Waals surface area contributed by atoms with Gasteiger partial charge in [0, 0.05) is 6.20 Å². The summed E-state index contributed by atoms with van der Waals surface area (Å²) in [6.45, 7) is 0. The van der Waals surface area contributed by atoms with Gasteiger partial charge >= 0.3 is 5.97 Å². The van der Waals surface area contributed by atoms with Crippen molar-refractivity contribution in [2.45, 2.75) is 6.43 Å². The third-order valence-electron chi connectivity index (χ3n) is 1.67. The number of rotatable bonds is 3. The van der Waals surface area contributed by atoms with Crippen molar-refractivity contribution >= 4 is 21.9 Å². The Labute approximate surface area is 92.0 Å². The van der Waals surface area contributed by atoms with E-state index in [9.17, 15) is 13.6 Å². The van der Waals surface area contributed by atoms with Crippen molar-refractivity contribution in [3.63, 3.8) is 0 Å². The first kappa shape index (κ1) is 11.8. The van der Waals surface area contributed by atoms with Crippen molar-refractivity contribution in [2.75, 3.05) is 7.11 Å². The summed E-state index contributed by atoms with van der Waals surface area (Å²) in [6.07, 6.45) is -2.07. The Morgan fingerprint density at radius 1 is 1.67 bits per heavy atom. The molecule has 1 rings (SSSR count). The fourth-order valence-corrected chi connectivity index (χ4v) is 1.66. The molecule has 0 aliphatic rings. The lowest BCUT2D eigenvalue weighted by atomic mass is 10.1. The van der Waals surface area contributed by atoms with Gasteiger partial charge in [0.15, 0.2) is 0 Å². The fraction of sp³-hybridized carbons (Fsp3) is 0.250. The zero-order valence-corrected chi connectivity index (χ0v) is 9.09. The van der Waals surface area contributed by atoms with Crippen molar-refractivity contribution in [3.05, 3.63) is 21.8 Å². The van der Waals surface area contributed by atoms with E-state index < -0.39 is 23.5 Å². The average molecular weight is 282 g/mol. The van der Waals surface area contributed by atoms with Crippen molar-refractivity contribution in [1.82, 2.24) is 4.98 Å². The SMILES string of the molecule is COc1ncc(C(=O)O)c(C(F)F)c1Br. The molecule has 0 radical (unpaired) electrons. The standard InChI is InChI=1S/C8H6BrF2NO3/c1-15-7-5(9)4(6(10)11)3(2-12-7)8(13)14/h2,6H,1H3,(H,13,14). The Morgan fingerprint density at radius 3 is 2.67 bits per heavy atom. The van der Waals surface area contributed by atoms with E-state index >= 15 is 0 Å². The zero-order valence-electron chi connectivity index (χ0n) is 7.50.